The number of hydrazine groups is 1. The summed E-state index contributed by atoms with van der Waals surface area (Å²) in [4.78, 5) is 1.02. The van der Waals surface area contributed by atoms with Gasteiger partial charge < -0.3 is 0 Å². The molecule has 0 aliphatic rings. The minimum Gasteiger partial charge on any atom is -0.270 e. The third kappa shape index (κ3) is 2.62. The van der Waals surface area contributed by atoms with E-state index in [9.17, 15) is 4.39 Å². The number of aromatic nitrogens is 2. The van der Waals surface area contributed by atoms with Gasteiger partial charge in [0.2, 0.25) is 0 Å². The summed E-state index contributed by atoms with van der Waals surface area (Å²) in [5, 5.41) is 5.20. The molecule has 1 aromatic carbocycles. The highest BCUT2D eigenvalue weighted by Crippen LogP contribution is 2.35. The first-order valence-electron chi connectivity index (χ1n) is 6.50. The molecule has 0 aliphatic carbocycles. The van der Waals surface area contributed by atoms with Crippen LogP contribution in [0.1, 0.15) is 23.5 Å². The van der Waals surface area contributed by atoms with Crippen LogP contribution >= 0.6 is 27.3 Å². The molecule has 4 nitrogen and oxygen atoms in total. The number of aryl methyl sites for hydroxylation is 1. The first-order valence-corrected chi connectivity index (χ1v) is 8.11. The van der Waals surface area contributed by atoms with Gasteiger partial charge in [-0.2, -0.15) is 5.10 Å². The highest BCUT2D eigenvalue weighted by Gasteiger charge is 2.22. The second kappa shape index (κ2) is 5.84. The SMILES string of the molecule is CCn1ncc(Br)c1C(NN)c1cc2cc(F)ccc2s1. The number of hydrogen-bond donors (Lipinski definition) is 2. The van der Waals surface area contributed by atoms with Crippen LogP contribution in [0.15, 0.2) is 34.9 Å². The largest absolute Gasteiger partial charge is 0.270 e. The van der Waals surface area contributed by atoms with Gasteiger partial charge in [-0.05, 0) is 52.5 Å². The molecule has 0 aliphatic heterocycles. The minimum absolute atomic E-state index is 0.192. The first-order chi connectivity index (χ1) is 10.1. The maximum absolute atomic E-state index is 13.3. The molecule has 2 aromatic heterocycles. The summed E-state index contributed by atoms with van der Waals surface area (Å²) < 4.78 is 17.1. The molecule has 1 atom stereocenters. The number of thiophene rings is 1. The minimum atomic E-state index is -0.233. The second-order valence-corrected chi connectivity index (χ2v) is 6.59. The van der Waals surface area contributed by atoms with E-state index in [1.54, 1.807) is 23.6 Å². The Bertz CT molecular complexity index is 782. The Morgan fingerprint density at radius 3 is 3.00 bits per heavy atom. The van der Waals surface area contributed by atoms with Gasteiger partial charge in [-0.1, -0.05) is 0 Å². The van der Waals surface area contributed by atoms with Gasteiger partial charge in [0.05, 0.1) is 22.4 Å². The van der Waals surface area contributed by atoms with Crippen LogP contribution < -0.4 is 11.3 Å². The van der Waals surface area contributed by atoms with Crippen molar-refractivity contribution in [1.29, 1.82) is 0 Å². The Labute approximate surface area is 133 Å². The van der Waals surface area contributed by atoms with Crippen molar-refractivity contribution in [3.63, 3.8) is 0 Å². The maximum Gasteiger partial charge on any atom is 0.123 e. The standard InChI is InChI=1S/C14H14BrFN4S/c1-2-20-14(10(15)7-18-20)13(19-17)12-6-8-5-9(16)3-4-11(8)21-12/h3-7,13,19H,2,17H2,1H3. The smallest absolute Gasteiger partial charge is 0.123 e. The summed E-state index contributed by atoms with van der Waals surface area (Å²) in [6.45, 7) is 2.77. The summed E-state index contributed by atoms with van der Waals surface area (Å²) in [6.07, 6.45) is 1.76. The summed E-state index contributed by atoms with van der Waals surface area (Å²) in [6, 6.07) is 6.57. The van der Waals surface area contributed by atoms with E-state index in [-0.39, 0.29) is 11.9 Å². The van der Waals surface area contributed by atoms with Crippen LogP contribution in [0.5, 0.6) is 0 Å². The van der Waals surface area contributed by atoms with Crippen LogP contribution in [-0.4, -0.2) is 9.78 Å². The fourth-order valence-electron chi connectivity index (χ4n) is 2.38. The highest BCUT2D eigenvalue weighted by atomic mass is 79.9. The Morgan fingerprint density at radius 2 is 2.29 bits per heavy atom. The number of nitrogens with two attached hydrogens (primary N) is 1. The molecule has 0 spiro atoms. The first kappa shape index (κ1) is 14.6. The lowest BCUT2D eigenvalue weighted by molar-refractivity contribution is 0.547. The summed E-state index contributed by atoms with van der Waals surface area (Å²) in [5.41, 5.74) is 3.80. The number of halogens is 2. The van der Waals surface area contributed by atoms with E-state index in [2.05, 4.69) is 26.5 Å². The number of hydrogen-bond acceptors (Lipinski definition) is 4. The number of nitrogens with one attached hydrogen (secondary N) is 1. The lowest BCUT2D eigenvalue weighted by Gasteiger charge is -2.16. The molecular weight excluding hydrogens is 355 g/mol. The van der Waals surface area contributed by atoms with Crippen LogP contribution in [0.25, 0.3) is 10.1 Å². The van der Waals surface area contributed by atoms with E-state index >= 15 is 0 Å². The lowest BCUT2D eigenvalue weighted by Crippen LogP contribution is -2.30. The van der Waals surface area contributed by atoms with E-state index in [1.165, 1.54) is 12.1 Å². The van der Waals surface area contributed by atoms with Crippen LogP contribution in [0, 0.1) is 5.82 Å². The number of fused-ring (bicyclic) bond motifs is 1. The van der Waals surface area contributed by atoms with Gasteiger partial charge in [-0.15, -0.1) is 11.3 Å². The van der Waals surface area contributed by atoms with Crippen LogP contribution in [0.4, 0.5) is 4.39 Å². The van der Waals surface area contributed by atoms with Gasteiger partial charge in [-0.25, -0.2) is 9.82 Å². The van der Waals surface area contributed by atoms with Gasteiger partial charge in [0.1, 0.15) is 5.82 Å². The fourth-order valence-corrected chi connectivity index (χ4v) is 4.02. The summed E-state index contributed by atoms with van der Waals surface area (Å²) >= 11 is 5.11. The average Bonchev–Trinajstić information content (AvgIpc) is 3.04. The molecule has 0 saturated carbocycles. The van der Waals surface area contributed by atoms with Crippen LogP contribution in [-0.2, 0) is 6.54 Å². The molecule has 0 saturated heterocycles. The van der Waals surface area contributed by atoms with Crippen molar-refractivity contribution >= 4 is 37.4 Å². The van der Waals surface area contributed by atoms with Crippen molar-refractivity contribution in [1.82, 2.24) is 15.2 Å². The van der Waals surface area contributed by atoms with Crippen molar-refractivity contribution in [3.05, 3.63) is 51.3 Å². The molecular formula is C14H14BrFN4S. The quantitative estimate of drug-likeness (QED) is 0.546. The zero-order chi connectivity index (χ0) is 15.0. The maximum atomic E-state index is 13.3. The predicted octanol–water partition coefficient (Wildman–Crippen LogP) is 3.57. The molecule has 3 N–H and O–H groups in total. The van der Waals surface area contributed by atoms with E-state index in [4.69, 9.17) is 5.84 Å². The number of rotatable bonds is 4. The molecule has 3 rings (SSSR count). The van der Waals surface area contributed by atoms with Crippen molar-refractivity contribution < 1.29 is 4.39 Å². The monoisotopic (exact) mass is 368 g/mol. The van der Waals surface area contributed by atoms with Crippen molar-refractivity contribution in [3.8, 4) is 0 Å². The summed E-state index contributed by atoms with van der Waals surface area (Å²) in [7, 11) is 0. The van der Waals surface area contributed by atoms with Crippen molar-refractivity contribution in [2.75, 3.05) is 0 Å². The molecule has 110 valence electrons. The van der Waals surface area contributed by atoms with Gasteiger partial charge in [0.15, 0.2) is 0 Å². The zero-order valence-electron chi connectivity index (χ0n) is 11.3. The second-order valence-electron chi connectivity index (χ2n) is 4.62. The highest BCUT2D eigenvalue weighted by molar-refractivity contribution is 9.10. The normalized spacial score (nSPS) is 13.0. The van der Waals surface area contributed by atoms with Crippen molar-refractivity contribution in [2.24, 2.45) is 5.84 Å². The molecule has 3 aromatic rings. The average molecular weight is 369 g/mol. The van der Waals surface area contributed by atoms with Gasteiger partial charge in [0, 0.05) is 16.1 Å². The van der Waals surface area contributed by atoms with E-state index in [0.717, 1.165) is 31.7 Å². The van der Waals surface area contributed by atoms with E-state index in [1.807, 2.05) is 17.7 Å². The van der Waals surface area contributed by atoms with Crippen LogP contribution in [0.2, 0.25) is 0 Å². The Morgan fingerprint density at radius 1 is 1.48 bits per heavy atom. The Hall–Kier alpha value is -1.28. The fraction of sp³-hybridized carbons (Fsp3) is 0.214. The summed E-state index contributed by atoms with van der Waals surface area (Å²) in [5.74, 6) is 5.53. The van der Waals surface area contributed by atoms with Gasteiger partial charge in [-0.3, -0.25) is 10.5 Å². The Kier molecular flexibility index (Phi) is 4.08. The van der Waals surface area contributed by atoms with Crippen LogP contribution in [0.3, 0.4) is 0 Å². The van der Waals surface area contributed by atoms with Gasteiger partial charge in [0.25, 0.3) is 0 Å². The number of nitrogens with zero attached hydrogens (tertiary/aromatic N) is 2. The molecule has 0 amide bonds. The molecule has 0 bridgehead atoms. The molecule has 7 heteroatoms. The predicted molar refractivity (Wildman–Crippen MR) is 86.6 cm³/mol. The molecule has 0 fully saturated rings. The topological polar surface area (TPSA) is 55.9 Å². The molecule has 21 heavy (non-hydrogen) atoms. The van der Waals surface area contributed by atoms with Gasteiger partial charge >= 0.3 is 0 Å². The van der Waals surface area contributed by atoms with Crippen molar-refractivity contribution in [2.45, 2.75) is 19.5 Å². The van der Waals surface area contributed by atoms with E-state index in [0.29, 0.717) is 0 Å². The number of benzene rings is 1. The molecule has 1 unspecified atom stereocenters. The molecule has 2 heterocycles. The third-order valence-electron chi connectivity index (χ3n) is 3.35. The zero-order valence-corrected chi connectivity index (χ0v) is 13.7. The Balaban J connectivity index is 2.11. The lowest BCUT2D eigenvalue weighted by atomic mass is 10.1. The van der Waals surface area contributed by atoms with E-state index < -0.39 is 0 Å². The third-order valence-corrected chi connectivity index (χ3v) is 5.15. The molecule has 0 radical (unpaired) electrons.